The topological polar surface area (TPSA) is 42.0 Å². The number of hydrogen-bond donors (Lipinski definition) is 0. The second kappa shape index (κ2) is 9.84. The molecule has 170 valence electrons. The van der Waals surface area contributed by atoms with E-state index in [2.05, 4.69) is 43.1 Å². The minimum absolute atomic E-state index is 0.0281. The average Bonchev–Trinajstić information content (AvgIpc) is 3.08. The molecular weight excluding hydrogens is 447 g/mol. The van der Waals surface area contributed by atoms with E-state index >= 15 is 0 Å². The van der Waals surface area contributed by atoms with Crippen LogP contribution >= 0.6 is 23.2 Å². The van der Waals surface area contributed by atoms with Crippen molar-refractivity contribution in [2.45, 2.75) is 58.2 Å². The second-order valence-electron chi connectivity index (χ2n) is 8.42. The van der Waals surface area contributed by atoms with Crippen molar-refractivity contribution in [2.24, 2.45) is 0 Å². The van der Waals surface area contributed by atoms with E-state index in [0.29, 0.717) is 16.5 Å². The maximum atomic E-state index is 11.5. The van der Waals surface area contributed by atoms with E-state index in [-0.39, 0.29) is 18.2 Å². The lowest BCUT2D eigenvalue weighted by atomic mass is 9.89. The Hall–Kier alpha value is -2.05. The van der Waals surface area contributed by atoms with Gasteiger partial charge in [-0.2, -0.15) is 5.01 Å². The van der Waals surface area contributed by atoms with Crippen molar-refractivity contribution < 1.29 is 14.4 Å². The lowest BCUT2D eigenvalue weighted by Crippen LogP contribution is -2.50. The molecule has 0 aromatic heterocycles. The standard InChI is InChI=1S/C25H28Cl2N2O3/c1-16-7-6-8-20(13-16)24-18(3)29(32-15-30)28(25(24)23-9-4-5-12-31-23)17(2)19-10-11-21(26)22(27)14-19/h6-8,10-11,13-15,17,23,25H,4-5,9,12H2,1-3H3. The van der Waals surface area contributed by atoms with Gasteiger partial charge in [0.05, 0.1) is 33.9 Å². The molecule has 0 saturated carbocycles. The molecule has 0 aliphatic carbocycles. The molecule has 5 nitrogen and oxygen atoms in total. The largest absolute Gasteiger partial charge is 0.376 e. The predicted molar refractivity (Wildman–Crippen MR) is 127 cm³/mol. The van der Waals surface area contributed by atoms with Crippen LogP contribution in [0.2, 0.25) is 10.0 Å². The first kappa shape index (κ1) is 23.1. The summed E-state index contributed by atoms with van der Waals surface area (Å²) in [4.78, 5) is 17.0. The Kier molecular flexibility index (Phi) is 7.11. The Balaban J connectivity index is 1.83. The lowest BCUT2D eigenvalue weighted by molar-refractivity contribution is -0.255. The highest BCUT2D eigenvalue weighted by molar-refractivity contribution is 6.42. The van der Waals surface area contributed by atoms with Gasteiger partial charge in [0.25, 0.3) is 0 Å². The van der Waals surface area contributed by atoms with Gasteiger partial charge < -0.3 is 9.57 Å². The fourth-order valence-corrected chi connectivity index (χ4v) is 5.10. The van der Waals surface area contributed by atoms with Crippen LogP contribution in [-0.2, 0) is 14.4 Å². The first-order valence-electron chi connectivity index (χ1n) is 11.0. The lowest BCUT2D eigenvalue weighted by Gasteiger charge is -2.41. The summed E-state index contributed by atoms with van der Waals surface area (Å²) in [6, 6.07) is 13.7. The number of nitrogens with zero attached hydrogens (tertiary/aromatic N) is 2. The highest BCUT2D eigenvalue weighted by Crippen LogP contribution is 2.45. The molecule has 1 saturated heterocycles. The molecule has 2 aliphatic rings. The first-order valence-corrected chi connectivity index (χ1v) is 11.7. The van der Waals surface area contributed by atoms with Gasteiger partial charge in [-0.15, -0.1) is 5.17 Å². The van der Waals surface area contributed by atoms with Crippen molar-refractivity contribution in [3.63, 3.8) is 0 Å². The molecule has 3 unspecified atom stereocenters. The molecule has 1 fully saturated rings. The molecule has 2 heterocycles. The van der Waals surface area contributed by atoms with Crippen molar-refractivity contribution in [1.82, 2.24) is 10.2 Å². The highest BCUT2D eigenvalue weighted by Gasteiger charge is 2.46. The van der Waals surface area contributed by atoms with Gasteiger partial charge in [0.1, 0.15) is 0 Å². The maximum Gasteiger partial charge on any atom is 0.322 e. The number of allylic oxidation sites excluding steroid dienone is 1. The van der Waals surface area contributed by atoms with Crippen molar-refractivity contribution in [1.29, 1.82) is 0 Å². The quantitative estimate of drug-likeness (QED) is 0.456. The Morgan fingerprint density at radius 2 is 1.94 bits per heavy atom. The van der Waals surface area contributed by atoms with E-state index in [0.717, 1.165) is 48.3 Å². The van der Waals surface area contributed by atoms with E-state index < -0.39 is 0 Å². The number of hydrazine groups is 1. The van der Waals surface area contributed by atoms with Gasteiger partial charge in [-0.3, -0.25) is 4.79 Å². The summed E-state index contributed by atoms with van der Waals surface area (Å²) in [6.07, 6.45) is 3.07. The number of aryl methyl sites for hydroxylation is 1. The molecule has 0 amide bonds. The van der Waals surface area contributed by atoms with Crippen molar-refractivity contribution in [2.75, 3.05) is 6.61 Å². The van der Waals surface area contributed by atoms with E-state index in [1.54, 1.807) is 11.2 Å². The molecule has 2 aromatic carbocycles. The summed E-state index contributed by atoms with van der Waals surface area (Å²) in [6.45, 7) is 7.33. The maximum absolute atomic E-state index is 11.5. The summed E-state index contributed by atoms with van der Waals surface area (Å²) in [7, 11) is 0. The number of ether oxygens (including phenoxy) is 1. The zero-order chi connectivity index (χ0) is 22.8. The number of hydroxylamine groups is 1. The van der Waals surface area contributed by atoms with Crippen molar-refractivity contribution in [3.05, 3.63) is 74.9 Å². The van der Waals surface area contributed by atoms with Crippen LogP contribution in [0.4, 0.5) is 0 Å². The van der Waals surface area contributed by atoms with E-state index in [9.17, 15) is 4.79 Å². The third-order valence-corrected chi connectivity index (χ3v) is 7.07. The number of carbonyl (C=O) groups is 1. The number of hydrogen-bond acceptors (Lipinski definition) is 5. The van der Waals surface area contributed by atoms with Crippen molar-refractivity contribution >= 4 is 35.2 Å². The van der Waals surface area contributed by atoms with Gasteiger partial charge >= 0.3 is 6.47 Å². The third-order valence-electron chi connectivity index (χ3n) is 6.33. The van der Waals surface area contributed by atoms with Gasteiger partial charge in [0.15, 0.2) is 0 Å². The fourth-order valence-electron chi connectivity index (χ4n) is 4.80. The molecule has 0 N–H and O–H groups in total. The molecule has 7 heteroatoms. The highest BCUT2D eigenvalue weighted by atomic mass is 35.5. The van der Waals surface area contributed by atoms with Crippen LogP contribution in [0.3, 0.4) is 0 Å². The predicted octanol–water partition coefficient (Wildman–Crippen LogP) is 6.35. The zero-order valence-corrected chi connectivity index (χ0v) is 20.1. The normalized spacial score (nSPS) is 22.8. The average molecular weight is 475 g/mol. The first-order chi connectivity index (χ1) is 15.4. The van der Waals surface area contributed by atoms with E-state index in [1.165, 1.54) is 5.56 Å². The monoisotopic (exact) mass is 474 g/mol. The van der Waals surface area contributed by atoms with Gasteiger partial charge in [0.2, 0.25) is 0 Å². The molecule has 0 bridgehead atoms. The summed E-state index contributed by atoms with van der Waals surface area (Å²) in [5, 5.41) is 4.70. The van der Waals surface area contributed by atoms with Crippen LogP contribution in [0.25, 0.3) is 5.57 Å². The van der Waals surface area contributed by atoms with Crippen LogP contribution in [-0.4, -0.2) is 35.4 Å². The third kappa shape index (κ3) is 4.40. The van der Waals surface area contributed by atoms with Crippen LogP contribution in [0.5, 0.6) is 0 Å². The van der Waals surface area contributed by atoms with Gasteiger partial charge in [0, 0.05) is 12.2 Å². The fraction of sp³-hybridized carbons (Fsp3) is 0.400. The van der Waals surface area contributed by atoms with Crippen LogP contribution in [0.15, 0.2) is 48.2 Å². The molecule has 2 aliphatic heterocycles. The summed E-state index contributed by atoms with van der Waals surface area (Å²) >= 11 is 12.5. The van der Waals surface area contributed by atoms with Crippen LogP contribution in [0, 0.1) is 6.92 Å². The molecule has 32 heavy (non-hydrogen) atoms. The van der Waals surface area contributed by atoms with Gasteiger partial charge in [-0.25, -0.2) is 0 Å². The smallest absolute Gasteiger partial charge is 0.322 e. The Bertz CT molecular complexity index is 1020. The SMILES string of the molecule is CC1=C(c2cccc(C)c2)C(C2CCCCO2)N(C(C)c2ccc(Cl)c(Cl)c2)N1OC=O. The Morgan fingerprint density at radius 3 is 2.59 bits per heavy atom. The summed E-state index contributed by atoms with van der Waals surface area (Å²) in [5.41, 5.74) is 5.22. The van der Waals surface area contributed by atoms with E-state index in [4.69, 9.17) is 32.8 Å². The second-order valence-corrected chi connectivity index (χ2v) is 9.24. The number of halogens is 2. The number of rotatable bonds is 6. The van der Waals surface area contributed by atoms with Gasteiger partial charge in [-0.1, -0.05) is 59.1 Å². The van der Waals surface area contributed by atoms with Crippen LogP contribution < -0.4 is 0 Å². The molecule has 4 rings (SSSR count). The number of carbonyl (C=O) groups excluding carboxylic acids is 1. The Morgan fingerprint density at radius 1 is 1.12 bits per heavy atom. The minimum atomic E-state index is -0.155. The van der Waals surface area contributed by atoms with Crippen LogP contribution in [0.1, 0.15) is 55.8 Å². The van der Waals surface area contributed by atoms with Crippen molar-refractivity contribution in [3.8, 4) is 0 Å². The molecular formula is C25H28Cl2N2O3. The molecule has 0 spiro atoms. The zero-order valence-electron chi connectivity index (χ0n) is 18.6. The summed E-state index contributed by atoms with van der Waals surface area (Å²) < 4.78 is 6.28. The van der Waals surface area contributed by atoms with Gasteiger partial charge in [-0.05, 0) is 63.3 Å². The minimum Gasteiger partial charge on any atom is -0.376 e. The van der Waals surface area contributed by atoms with E-state index in [1.807, 2.05) is 19.1 Å². The Labute approximate surface area is 199 Å². The molecule has 0 radical (unpaired) electrons. The molecule has 2 aromatic rings. The summed E-state index contributed by atoms with van der Waals surface area (Å²) in [5.74, 6) is 0. The number of benzene rings is 2. The molecule has 3 atom stereocenters.